The lowest BCUT2D eigenvalue weighted by molar-refractivity contribution is 0.687. The Labute approximate surface area is 84.4 Å². The molecule has 0 saturated carbocycles. The van der Waals surface area contributed by atoms with Gasteiger partial charge in [-0.05, 0) is 18.2 Å². The second-order valence-electron chi connectivity index (χ2n) is 3.08. The van der Waals surface area contributed by atoms with Gasteiger partial charge in [0.2, 0.25) is 0 Å². The fourth-order valence-corrected chi connectivity index (χ4v) is 1.83. The number of hydrogen-bond donors (Lipinski definition) is 1. The SMILES string of the molecule is CS(=O)c1ccc2cc(N)cnc2c1. The van der Waals surface area contributed by atoms with E-state index in [-0.39, 0.29) is 0 Å². The van der Waals surface area contributed by atoms with Crippen LogP contribution in [-0.4, -0.2) is 15.4 Å². The lowest BCUT2D eigenvalue weighted by atomic mass is 10.2. The molecule has 72 valence electrons. The normalized spacial score (nSPS) is 12.9. The summed E-state index contributed by atoms with van der Waals surface area (Å²) < 4.78 is 11.2. The highest BCUT2D eigenvalue weighted by molar-refractivity contribution is 7.84. The predicted molar refractivity (Wildman–Crippen MR) is 58.5 cm³/mol. The first-order valence-electron chi connectivity index (χ1n) is 4.15. The van der Waals surface area contributed by atoms with Crippen molar-refractivity contribution in [3.63, 3.8) is 0 Å². The van der Waals surface area contributed by atoms with E-state index in [1.54, 1.807) is 12.5 Å². The van der Waals surface area contributed by atoms with Crippen LogP contribution in [0.4, 0.5) is 5.69 Å². The van der Waals surface area contributed by atoms with Crippen LogP contribution in [-0.2, 0) is 10.8 Å². The largest absolute Gasteiger partial charge is 0.397 e. The van der Waals surface area contributed by atoms with Crippen LogP contribution < -0.4 is 5.73 Å². The van der Waals surface area contributed by atoms with Crippen molar-refractivity contribution < 1.29 is 4.21 Å². The molecule has 0 fully saturated rings. The van der Waals surface area contributed by atoms with Gasteiger partial charge in [-0.1, -0.05) is 6.07 Å². The molecule has 1 aromatic heterocycles. The van der Waals surface area contributed by atoms with Gasteiger partial charge in [-0.3, -0.25) is 9.19 Å². The molecular formula is C10H10N2OS. The van der Waals surface area contributed by atoms with Crippen molar-refractivity contribution in [3.8, 4) is 0 Å². The van der Waals surface area contributed by atoms with Gasteiger partial charge in [0.15, 0.2) is 0 Å². The van der Waals surface area contributed by atoms with E-state index < -0.39 is 10.8 Å². The van der Waals surface area contributed by atoms with Gasteiger partial charge in [-0.2, -0.15) is 0 Å². The van der Waals surface area contributed by atoms with Crippen LogP contribution in [0.3, 0.4) is 0 Å². The molecule has 14 heavy (non-hydrogen) atoms. The van der Waals surface area contributed by atoms with Gasteiger partial charge in [0, 0.05) is 27.3 Å². The maximum absolute atomic E-state index is 11.2. The Morgan fingerprint density at radius 2 is 2.14 bits per heavy atom. The van der Waals surface area contributed by atoms with Crippen LogP contribution in [0.1, 0.15) is 0 Å². The van der Waals surface area contributed by atoms with E-state index in [0.717, 1.165) is 15.8 Å². The van der Waals surface area contributed by atoms with Crippen molar-refractivity contribution in [2.24, 2.45) is 0 Å². The molecule has 0 bridgehead atoms. The number of pyridine rings is 1. The monoisotopic (exact) mass is 206 g/mol. The molecule has 4 heteroatoms. The zero-order valence-electron chi connectivity index (χ0n) is 7.73. The summed E-state index contributed by atoms with van der Waals surface area (Å²) in [5, 5.41) is 0.971. The van der Waals surface area contributed by atoms with Gasteiger partial charge < -0.3 is 5.73 Å². The van der Waals surface area contributed by atoms with E-state index in [1.165, 1.54) is 0 Å². The maximum Gasteiger partial charge on any atom is 0.0715 e. The first-order valence-corrected chi connectivity index (χ1v) is 5.71. The molecule has 1 atom stereocenters. The number of aromatic nitrogens is 1. The van der Waals surface area contributed by atoms with Crippen LogP contribution in [0.5, 0.6) is 0 Å². The number of nitrogens with two attached hydrogens (primary N) is 1. The van der Waals surface area contributed by atoms with Gasteiger partial charge in [-0.15, -0.1) is 0 Å². The summed E-state index contributed by atoms with van der Waals surface area (Å²) in [5.41, 5.74) is 7.07. The highest BCUT2D eigenvalue weighted by Gasteiger charge is 2.00. The number of nitrogens with zero attached hydrogens (tertiary/aromatic N) is 1. The quantitative estimate of drug-likeness (QED) is 0.770. The summed E-state index contributed by atoms with van der Waals surface area (Å²) in [6, 6.07) is 7.39. The molecule has 1 aromatic carbocycles. The zero-order valence-corrected chi connectivity index (χ0v) is 8.54. The second-order valence-corrected chi connectivity index (χ2v) is 4.46. The van der Waals surface area contributed by atoms with Gasteiger partial charge in [0.05, 0.1) is 17.4 Å². The third-order valence-electron chi connectivity index (χ3n) is 2.01. The maximum atomic E-state index is 11.2. The van der Waals surface area contributed by atoms with Crippen LogP contribution in [0.2, 0.25) is 0 Å². The second kappa shape index (κ2) is 3.38. The Bertz CT molecular complexity index is 510. The first-order chi connectivity index (χ1) is 6.66. The van der Waals surface area contributed by atoms with Gasteiger partial charge in [0.25, 0.3) is 0 Å². The lowest BCUT2D eigenvalue weighted by Gasteiger charge is -2.00. The molecule has 2 rings (SSSR count). The van der Waals surface area contributed by atoms with Crippen molar-refractivity contribution in [2.45, 2.75) is 4.90 Å². The lowest BCUT2D eigenvalue weighted by Crippen LogP contribution is -1.90. The molecule has 0 aliphatic heterocycles. The molecular weight excluding hydrogens is 196 g/mol. The van der Waals surface area contributed by atoms with Crippen LogP contribution in [0, 0.1) is 0 Å². The fraction of sp³-hybridized carbons (Fsp3) is 0.100. The van der Waals surface area contributed by atoms with Gasteiger partial charge in [-0.25, -0.2) is 0 Å². The zero-order chi connectivity index (χ0) is 10.1. The van der Waals surface area contributed by atoms with Crippen LogP contribution in [0.15, 0.2) is 35.4 Å². The number of hydrogen-bond acceptors (Lipinski definition) is 3. The summed E-state index contributed by atoms with van der Waals surface area (Å²) in [6.07, 6.45) is 3.25. The van der Waals surface area contributed by atoms with Crippen LogP contribution >= 0.6 is 0 Å². The molecule has 0 saturated heterocycles. The minimum absolute atomic E-state index is 0.642. The van der Waals surface area contributed by atoms with E-state index in [2.05, 4.69) is 4.98 Å². The number of anilines is 1. The Balaban J connectivity index is 2.67. The fourth-order valence-electron chi connectivity index (χ4n) is 1.30. The first kappa shape index (κ1) is 9.15. The number of rotatable bonds is 1. The van der Waals surface area contributed by atoms with E-state index in [9.17, 15) is 4.21 Å². The number of nitrogen functional groups attached to an aromatic ring is 1. The highest BCUT2D eigenvalue weighted by atomic mass is 32.2. The van der Waals surface area contributed by atoms with E-state index in [4.69, 9.17) is 5.73 Å². The third-order valence-corrected chi connectivity index (χ3v) is 2.93. The standard InChI is InChI=1S/C10H10N2OS/c1-14(13)9-3-2-7-4-8(11)6-12-10(7)5-9/h2-6H,11H2,1H3. The Morgan fingerprint density at radius 3 is 2.86 bits per heavy atom. The minimum Gasteiger partial charge on any atom is -0.397 e. The summed E-state index contributed by atoms with van der Waals surface area (Å²) in [7, 11) is -0.962. The molecule has 1 heterocycles. The van der Waals surface area contributed by atoms with Gasteiger partial charge >= 0.3 is 0 Å². The molecule has 0 spiro atoms. The average Bonchev–Trinajstić information content (AvgIpc) is 2.16. The summed E-state index contributed by atoms with van der Waals surface area (Å²) >= 11 is 0. The molecule has 0 aliphatic carbocycles. The van der Waals surface area contributed by atoms with Crippen molar-refractivity contribution in [1.82, 2.24) is 4.98 Å². The molecule has 0 radical (unpaired) electrons. The van der Waals surface area contributed by atoms with Crippen molar-refractivity contribution in [2.75, 3.05) is 12.0 Å². The molecule has 1 unspecified atom stereocenters. The smallest absolute Gasteiger partial charge is 0.0715 e. The van der Waals surface area contributed by atoms with Gasteiger partial charge in [0.1, 0.15) is 0 Å². The molecule has 2 N–H and O–H groups in total. The van der Waals surface area contributed by atoms with Crippen molar-refractivity contribution in [1.29, 1.82) is 0 Å². The molecule has 3 nitrogen and oxygen atoms in total. The Hall–Kier alpha value is -1.42. The van der Waals surface area contributed by atoms with Crippen LogP contribution in [0.25, 0.3) is 10.9 Å². The Morgan fingerprint density at radius 1 is 1.36 bits per heavy atom. The van der Waals surface area contributed by atoms with Crippen molar-refractivity contribution >= 4 is 27.4 Å². The predicted octanol–water partition coefficient (Wildman–Crippen LogP) is 1.55. The number of benzene rings is 1. The van der Waals surface area contributed by atoms with E-state index >= 15 is 0 Å². The molecule has 0 amide bonds. The third kappa shape index (κ3) is 1.61. The van der Waals surface area contributed by atoms with E-state index in [1.807, 2.05) is 24.3 Å². The summed E-state index contributed by atoms with van der Waals surface area (Å²) in [4.78, 5) is 4.95. The molecule has 2 aromatic rings. The van der Waals surface area contributed by atoms with Crippen molar-refractivity contribution in [3.05, 3.63) is 30.5 Å². The molecule has 0 aliphatic rings. The summed E-state index contributed by atoms with van der Waals surface area (Å²) in [5.74, 6) is 0. The minimum atomic E-state index is -0.962. The average molecular weight is 206 g/mol. The number of fused-ring (bicyclic) bond motifs is 1. The Kier molecular flexibility index (Phi) is 2.21. The highest BCUT2D eigenvalue weighted by Crippen LogP contribution is 2.17. The topological polar surface area (TPSA) is 56.0 Å². The van der Waals surface area contributed by atoms with E-state index in [0.29, 0.717) is 5.69 Å². The summed E-state index contributed by atoms with van der Waals surface area (Å²) in [6.45, 7) is 0.